The van der Waals surface area contributed by atoms with E-state index in [1.54, 1.807) is 0 Å². The first-order valence-corrected chi connectivity index (χ1v) is 8.25. The molecule has 0 saturated carbocycles. The van der Waals surface area contributed by atoms with Gasteiger partial charge in [0.2, 0.25) is 5.91 Å². The van der Waals surface area contributed by atoms with Crippen LogP contribution in [0.4, 0.5) is 5.69 Å². The summed E-state index contributed by atoms with van der Waals surface area (Å²) in [4.78, 5) is 11.8. The molecule has 2 N–H and O–H groups in total. The maximum absolute atomic E-state index is 11.8. The summed E-state index contributed by atoms with van der Waals surface area (Å²) in [6, 6.07) is 16.3. The highest BCUT2D eigenvalue weighted by atomic mass is 79.9. The first-order valence-electron chi connectivity index (χ1n) is 7.46. The maximum atomic E-state index is 11.8. The Bertz CT molecular complexity index is 614. The summed E-state index contributed by atoms with van der Waals surface area (Å²) in [5.74, 6) is 0.0756. The third-order valence-corrected chi connectivity index (χ3v) is 4.03. The van der Waals surface area contributed by atoms with Crippen LogP contribution in [0.15, 0.2) is 53.0 Å². The second kappa shape index (κ2) is 8.59. The molecule has 0 unspecified atom stereocenters. The van der Waals surface area contributed by atoms with Gasteiger partial charge in [0.1, 0.15) is 0 Å². The van der Waals surface area contributed by atoms with Gasteiger partial charge >= 0.3 is 0 Å². The van der Waals surface area contributed by atoms with Gasteiger partial charge in [-0.2, -0.15) is 0 Å². The number of anilines is 1. The van der Waals surface area contributed by atoms with E-state index in [4.69, 9.17) is 0 Å². The molecule has 2 aromatic rings. The highest BCUT2D eigenvalue weighted by Crippen LogP contribution is 2.23. The molecule has 0 radical (unpaired) electrons. The fourth-order valence-electron chi connectivity index (χ4n) is 2.15. The van der Waals surface area contributed by atoms with Crippen LogP contribution in [0.25, 0.3) is 0 Å². The van der Waals surface area contributed by atoms with Gasteiger partial charge in [-0.25, -0.2) is 0 Å². The molecule has 0 aromatic heterocycles. The van der Waals surface area contributed by atoms with E-state index >= 15 is 0 Å². The average Bonchev–Trinajstić information content (AvgIpc) is 2.50. The van der Waals surface area contributed by atoms with Gasteiger partial charge in [-0.15, -0.1) is 0 Å². The average molecular weight is 361 g/mol. The van der Waals surface area contributed by atoms with Gasteiger partial charge in [-0.1, -0.05) is 36.4 Å². The van der Waals surface area contributed by atoms with Crippen LogP contribution in [-0.4, -0.2) is 19.0 Å². The lowest BCUT2D eigenvalue weighted by Gasteiger charge is -2.09. The fraction of sp³-hybridized carbons (Fsp3) is 0.278. The highest BCUT2D eigenvalue weighted by Gasteiger charge is 2.03. The molecule has 0 atom stereocenters. The minimum Gasteiger partial charge on any atom is -0.384 e. The van der Waals surface area contributed by atoms with Crippen molar-refractivity contribution in [1.29, 1.82) is 0 Å². The Morgan fingerprint density at radius 3 is 2.59 bits per heavy atom. The third kappa shape index (κ3) is 5.53. The predicted octanol–water partition coefficient (Wildman–Crippen LogP) is 3.92. The lowest BCUT2D eigenvalue weighted by molar-refractivity contribution is -0.120. The van der Waals surface area contributed by atoms with Gasteiger partial charge < -0.3 is 10.6 Å². The van der Waals surface area contributed by atoms with Crippen LogP contribution < -0.4 is 10.6 Å². The van der Waals surface area contributed by atoms with Crippen LogP contribution in [0.5, 0.6) is 0 Å². The number of hydrogen-bond acceptors (Lipinski definition) is 2. The van der Waals surface area contributed by atoms with Crippen molar-refractivity contribution in [3.05, 3.63) is 64.1 Å². The number of amides is 1. The van der Waals surface area contributed by atoms with Gasteiger partial charge in [0.25, 0.3) is 0 Å². The van der Waals surface area contributed by atoms with E-state index in [2.05, 4.69) is 51.7 Å². The molecule has 2 rings (SSSR count). The van der Waals surface area contributed by atoms with Crippen LogP contribution in [0.3, 0.4) is 0 Å². The van der Waals surface area contributed by atoms with E-state index in [9.17, 15) is 4.79 Å². The number of nitrogens with one attached hydrogen (secondary N) is 2. The molecule has 1 amide bonds. The first-order chi connectivity index (χ1) is 10.6. The topological polar surface area (TPSA) is 41.1 Å². The lowest BCUT2D eigenvalue weighted by Crippen LogP contribution is -2.27. The molecule has 0 spiro atoms. The summed E-state index contributed by atoms with van der Waals surface area (Å²) >= 11 is 3.52. The molecule has 0 aliphatic rings. The van der Waals surface area contributed by atoms with Crippen molar-refractivity contribution in [3.8, 4) is 0 Å². The van der Waals surface area contributed by atoms with E-state index in [0.29, 0.717) is 19.5 Å². The van der Waals surface area contributed by atoms with Crippen molar-refractivity contribution < 1.29 is 4.79 Å². The van der Waals surface area contributed by atoms with E-state index < -0.39 is 0 Å². The van der Waals surface area contributed by atoms with Crippen LogP contribution in [0, 0.1) is 6.92 Å². The molecular weight excluding hydrogens is 340 g/mol. The van der Waals surface area contributed by atoms with Crippen molar-refractivity contribution in [2.45, 2.75) is 19.8 Å². The molecule has 3 nitrogen and oxygen atoms in total. The summed E-state index contributed by atoms with van der Waals surface area (Å²) in [5.41, 5.74) is 3.46. The second-order valence-corrected chi connectivity index (χ2v) is 6.10. The Morgan fingerprint density at radius 1 is 1.09 bits per heavy atom. The Hall–Kier alpha value is -1.81. The Morgan fingerprint density at radius 2 is 1.86 bits per heavy atom. The lowest BCUT2D eigenvalue weighted by atomic mass is 10.1. The molecule has 116 valence electrons. The molecule has 0 heterocycles. The Kier molecular flexibility index (Phi) is 6.46. The summed E-state index contributed by atoms with van der Waals surface area (Å²) in [6.45, 7) is 3.35. The quantitative estimate of drug-likeness (QED) is 0.785. The number of benzene rings is 2. The Balaban J connectivity index is 1.65. The van der Waals surface area contributed by atoms with Crippen LogP contribution in [0.2, 0.25) is 0 Å². The van der Waals surface area contributed by atoms with Gasteiger partial charge in [0, 0.05) is 29.7 Å². The number of hydrogen-bond donors (Lipinski definition) is 2. The van der Waals surface area contributed by atoms with Crippen molar-refractivity contribution in [2.75, 3.05) is 18.4 Å². The Labute approximate surface area is 140 Å². The number of rotatable bonds is 7. The van der Waals surface area contributed by atoms with Crippen LogP contribution >= 0.6 is 15.9 Å². The van der Waals surface area contributed by atoms with Crippen molar-refractivity contribution >= 4 is 27.5 Å². The molecule has 4 heteroatoms. The van der Waals surface area contributed by atoms with Gasteiger partial charge in [-0.05, 0) is 52.5 Å². The number of aryl methyl sites for hydroxylation is 1. The van der Waals surface area contributed by atoms with E-state index in [1.165, 1.54) is 11.1 Å². The van der Waals surface area contributed by atoms with Crippen LogP contribution in [-0.2, 0) is 11.2 Å². The molecule has 0 aliphatic carbocycles. The van der Waals surface area contributed by atoms with E-state index in [1.807, 2.05) is 30.3 Å². The van der Waals surface area contributed by atoms with Gasteiger partial charge in [-0.3, -0.25) is 4.79 Å². The standard InChI is InChI=1S/C18H21BrN2O/c1-14-7-8-17(16(19)13-14)20-12-10-18(22)21-11-9-15-5-3-2-4-6-15/h2-8,13,20H,9-12H2,1H3,(H,21,22). The summed E-state index contributed by atoms with van der Waals surface area (Å²) in [7, 11) is 0. The molecule has 0 saturated heterocycles. The predicted molar refractivity (Wildman–Crippen MR) is 95.1 cm³/mol. The van der Waals surface area contributed by atoms with Crippen LogP contribution in [0.1, 0.15) is 17.5 Å². The van der Waals surface area contributed by atoms with Crippen molar-refractivity contribution in [3.63, 3.8) is 0 Å². The minimum absolute atomic E-state index is 0.0756. The maximum Gasteiger partial charge on any atom is 0.221 e. The monoisotopic (exact) mass is 360 g/mol. The fourth-order valence-corrected chi connectivity index (χ4v) is 2.79. The number of carbonyl (C=O) groups excluding carboxylic acids is 1. The summed E-state index contributed by atoms with van der Waals surface area (Å²) < 4.78 is 1.02. The molecule has 0 bridgehead atoms. The molecule has 2 aromatic carbocycles. The molecule has 0 fully saturated rings. The third-order valence-electron chi connectivity index (χ3n) is 3.37. The zero-order chi connectivity index (χ0) is 15.8. The second-order valence-electron chi connectivity index (χ2n) is 5.25. The smallest absolute Gasteiger partial charge is 0.221 e. The summed E-state index contributed by atoms with van der Waals surface area (Å²) in [5, 5.41) is 6.22. The summed E-state index contributed by atoms with van der Waals surface area (Å²) in [6.07, 6.45) is 1.33. The molecule has 22 heavy (non-hydrogen) atoms. The van der Waals surface area contributed by atoms with Gasteiger partial charge in [0.05, 0.1) is 0 Å². The highest BCUT2D eigenvalue weighted by molar-refractivity contribution is 9.10. The molecular formula is C18H21BrN2O. The SMILES string of the molecule is Cc1ccc(NCCC(=O)NCCc2ccccc2)c(Br)c1. The first kappa shape index (κ1) is 16.6. The van der Waals surface area contributed by atoms with Gasteiger partial charge in [0.15, 0.2) is 0 Å². The normalized spacial score (nSPS) is 10.3. The zero-order valence-electron chi connectivity index (χ0n) is 12.7. The number of carbonyl (C=O) groups is 1. The largest absolute Gasteiger partial charge is 0.384 e. The molecule has 0 aliphatic heterocycles. The van der Waals surface area contributed by atoms with E-state index in [0.717, 1.165) is 16.6 Å². The van der Waals surface area contributed by atoms with Crippen molar-refractivity contribution in [1.82, 2.24) is 5.32 Å². The zero-order valence-corrected chi connectivity index (χ0v) is 14.3. The minimum atomic E-state index is 0.0756. The van der Waals surface area contributed by atoms with E-state index in [-0.39, 0.29) is 5.91 Å². The number of halogens is 1. The van der Waals surface area contributed by atoms with Crippen molar-refractivity contribution in [2.24, 2.45) is 0 Å².